The van der Waals surface area contributed by atoms with Crippen LogP contribution in [0.5, 0.6) is 11.5 Å². The highest BCUT2D eigenvalue weighted by atomic mass is 35.5. The van der Waals surface area contributed by atoms with Gasteiger partial charge in [0.2, 0.25) is 0 Å². The highest BCUT2D eigenvalue weighted by Crippen LogP contribution is 2.41. The molecule has 0 spiro atoms. The molecule has 3 aromatic carbocycles. The molecular formula is C27H21ClFNO5. The van der Waals surface area contributed by atoms with E-state index in [9.17, 15) is 19.1 Å². The van der Waals surface area contributed by atoms with Crippen molar-refractivity contribution in [3.8, 4) is 11.5 Å². The predicted molar refractivity (Wildman–Crippen MR) is 128 cm³/mol. The van der Waals surface area contributed by atoms with E-state index in [1.807, 2.05) is 0 Å². The third-order valence-electron chi connectivity index (χ3n) is 6.10. The largest absolute Gasteiger partial charge is 0.507 e. The number of ketones is 1. The van der Waals surface area contributed by atoms with Gasteiger partial charge in [-0.3, -0.25) is 9.59 Å². The standard InChI is InChI=1S/C27H21ClFNO5/c28-19-6-3-17(4-7-19)24-23(25(31)18-5-10-21-22(15-18)35-14-13-34-21)26(32)27(33)30(24)12-11-16-1-8-20(29)9-2-16/h1-10,15,24,31H,11-14H2/b25-23-. The van der Waals surface area contributed by atoms with E-state index in [0.29, 0.717) is 47.3 Å². The quantitative estimate of drug-likeness (QED) is 0.310. The first-order chi connectivity index (χ1) is 16.9. The second kappa shape index (κ2) is 9.43. The monoisotopic (exact) mass is 493 g/mol. The Hall–Kier alpha value is -3.84. The van der Waals surface area contributed by atoms with Gasteiger partial charge in [-0.15, -0.1) is 0 Å². The lowest BCUT2D eigenvalue weighted by Gasteiger charge is -2.25. The molecule has 2 aliphatic heterocycles. The molecule has 2 aliphatic rings. The highest BCUT2D eigenvalue weighted by molar-refractivity contribution is 6.46. The average Bonchev–Trinajstić information content (AvgIpc) is 3.13. The fraction of sp³-hybridized carbons (Fsp3) is 0.185. The molecule has 5 rings (SSSR count). The number of carbonyl (C=O) groups excluding carboxylic acids is 2. The highest BCUT2D eigenvalue weighted by Gasteiger charge is 2.45. The van der Waals surface area contributed by atoms with Crippen LogP contribution in [0, 0.1) is 5.82 Å². The van der Waals surface area contributed by atoms with Gasteiger partial charge >= 0.3 is 0 Å². The number of nitrogens with zero attached hydrogens (tertiary/aromatic N) is 1. The molecule has 1 amide bonds. The number of rotatable bonds is 5. The van der Waals surface area contributed by atoms with Crippen LogP contribution in [0.1, 0.15) is 22.7 Å². The van der Waals surface area contributed by atoms with E-state index < -0.39 is 17.7 Å². The molecule has 8 heteroatoms. The molecule has 0 saturated carbocycles. The van der Waals surface area contributed by atoms with E-state index >= 15 is 0 Å². The van der Waals surface area contributed by atoms with Crippen LogP contribution < -0.4 is 9.47 Å². The summed E-state index contributed by atoms with van der Waals surface area (Å²) in [6.07, 6.45) is 0.404. The maximum Gasteiger partial charge on any atom is 0.295 e. The number of amides is 1. The van der Waals surface area contributed by atoms with Crippen molar-refractivity contribution >= 4 is 29.1 Å². The molecule has 1 atom stereocenters. The van der Waals surface area contributed by atoms with Gasteiger partial charge in [-0.25, -0.2) is 4.39 Å². The zero-order valence-corrected chi connectivity index (χ0v) is 19.3. The molecule has 0 bridgehead atoms. The summed E-state index contributed by atoms with van der Waals surface area (Å²) in [5.41, 5.74) is 1.76. The van der Waals surface area contributed by atoms with Gasteiger partial charge in [0.05, 0.1) is 11.6 Å². The molecule has 1 saturated heterocycles. The topological polar surface area (TPSA) is 76.1 Å². The second-order valence-corrected chi connectivity index (χ2v) is 8.72. The van der Waals surface area contributed by atoms with Gasteiger partial charge in [0, 0.05) is 17.1 Å². The minimum absolute atomic E-state index is 0.0203. The molecule has 0 radical (unpaired) electrons. The Kier molecular flexibility index (Phi) is 6.17. The van der Waals surface area contributed by atoms with E-state index in [1.54, 1.807) is 54.6 Å². The van der Waals surface area contributed by atoms with Gasteiger partial charge in [0.15, 0.2) is 11.5 Å². The third kappa shape index (κ3) is 4.47. The van der Waals surface area contributed by atoms with Gasteiger partial charge in [-0.05, 0) is 60.0 Å². The summed E-state index contributed by atoms with van der Waals surface area (Å²) < 4.78 is 24.4. The molecule has 0 aliphatic carbocycles. The minimum atomic E-state index is -0.819. The number of aliphatic hydroxyl groups is 1. The third-order valence-corrected chi connectivity index (χ3v) is 6.35. The van der Waals surface area contributed by atoms with Crippen molar-refractivity contribution in [3.05, 3.63) is 99.8 Å². The Morgan fingerprint density at radius 2 is 1.66 bits per heavy atom. The molecule has 2 heterocycles. The van der Waals surface area contributed by atoms with Crippen LogP contribution in [-0.4, -0.2) is 41.5 Å². The summed E-state index contributed by atoms with van der Waals surface area (Å²) >= 11 is 6.06. The Balaban J connectivity index is 1.55. The zero-order valence-electron chi connectivity index (χ0n) is 18.5. The average molecular weight is 494 g/mol. The van der Waals surface area contributed by atoms with Crippen LogP contribution in [0.3, 0.4) is 0 Å². The van der Waals surface area contributed by atoms with Crippen molar-refractivity contribution in [1.29, 1.82) is 0 Å². The molecule has 1 unspecified atom stereocenters. The van der Waals surface area contributed by atoms with Crippen LogP contribution >= 0.6 is 11.6 Å². The van der Waals surface area contributed by atoms with Gasteiger partial charge < -0.3 is 19.5 Å². The normalized spacial score (nSPS) is 18.7. The number of likely N-dealkylation sites (tertiary alicyclic amines) is 1. The van der Waals surface area contributed by atoms with Crippen molar-refractivity contribution in [3.63, 3.8) is 0 Å². The number of hydrogen-bond acceptors (Lipinski definition) is 5. The molecule has 1 N–H and O–H groups in total. The SMILES string of the molecule is O=C1C(=O)N(CCc2ccc(F)cc2)C(c2ccc(Cl)cc2)/C1=C(/O)c1ccc2c(c1)OCCO2. The minimum Gasteiger partial charge on any atom is -0.507 e. The number of aliphatic hydroxyl groups excluding tert-OH is 1. The summed E-state index contributed by atoms with van der Waals surface area (Å²) in [6.45, 7) is 0.991. The summed E-state index contributed by atoms with van der Waals surface area (Å²) in [5, 5.41) is 11.7. The van der Waals surface area contributed by atoms with Gasteiger partial charge in [-0.2, -0.15) is 0 Å². The van der Waals surface area contributed by atoms with Crippen LogP contribution in [-0.2, 0) is 16.0 Å². The molecule has 1 fully saturated rings. The Bertz CT molecular complexity index is 1320. The maximum atomic E-state index is 13.3. The molecular weight excluding hydrogens is 473 g/mol. The molecule has 6 nitrogen and oxygen atoms in total. The van der Waals surface area contributed by atoms with E-state index in [0.717, 1.165) is 5.56 Å². The van der Waals surface area contributed by atoms with E-state index in [-0.39, 0.29) is 23.7 Å². The van der Waals surface area contributed by atoms with Crippen LogP contribution in [0.25, 0.3) is 5.76 Å². The van der Waals surface area contributed by atoms with Crippen molar-refractivity contribution in [1.82, 2.24) is 4.90 Å². The van der Waals surface area contributed by atoms with Crippen LogP contribution in [0.2, 0.25) is 5.02 Å². The van der Waals surface area contributed by atoms with Crippen molar-refractivity contribution < 1.29 is 28.6 Å². The van der Waals surface area contributed by atoms with Gasteiger partial charge in [-0.1, -0.05) is 35.9 Å². The molecule has 0 aromatic heterocycles. The van der Waals surface area contributed by atoms with E-state index in [2.05, 4.69) is 0 Å². The molecule has 35 heavy (non-hydrogen) atoms. The van der Waals surface area contributed by atoms with Crippen molar-refractivity contribution in [2.45, 2.75) is 12.5 Å². The predicted octanol–water partition coefficient (Wildman–Crippen LogP) is 4.91. The number of hydrogen-bond donors (Lipinski definition) is 1. The number of carbonyl (C=O) groups is 2. The van der Waals surface area contributed by atoms with E-state index in [1.165, 1.54) is 17.0 Å². The molecule has 3 aromatic rings. The number of halogens is 2. The number of Topliss-reactive ketones (excluding diaryl/α,β-unsaturated/α-hetero) is 1. The first-order valence-electron chi connectivity index (χ1n) is 11.1. The zero-order chi connectivity index (χ0) is 24.5. The summed E-state index contributed by atoms with van der Waals surface area (Å²) in [4.78, 5) is 27.7. The second-order valence-electron chi connectivity index (χ2n) is 8.28. The first-order valence-corrected chi connectivity index (χ1v) is 11.5. The van der Waals surface area contributed by atoms with Crippen LogP contribution in [0.4, 0.5) is 4.39 Å². The number of ether oxygens (including phenoxy) is 2. The lowest BCUT2D eigenvalue weighted by Crippen LogP contribution is -2.31. The maximum absolute atomic E-state index is 13.3. The van der Waals surface area contributed by atoms with Crippen molar-refractivity contribution in [2.75, 3.05) is 19.8 Å². The van der Waals surface area contributed by atoms with Gasteiger partial charge in [0.1, 0.15) is 24.8 Å². The first kappa shape index (κ1) is 22.9. The number of benzene rings is 3. The smallest absolute Gasteiger partial charge is 0.295 e. The van der Waals surface area contributed by atoms with E-state index in [4.69, 9.17) is 21.1 Å². The van der Waals surface area contributed by atoms with Gasteiger partial charge in [0.25, 0.3) is 11.7 Å². The Morgan fingerprint density at radius 1 is 0.971 bits per heavy atom. The Labute approximate surface area is 206 Å². The summed E-state index contributed by atoms with van der Waals surface area (Å²) in [5.74, 6) is -1.15. The fourth-order valence-corrected chi connectivity index (χ4v) is 4.48. The lowest BCUT2D eigenvalue weighted by molar-refractivity contribution is -0.139. The number of fused-ring (bicyclic) bond motifs is 1. The fourth-order valence-electron chi connectivity index (χ4n) is 4.35. The Morgan fingerprint density at radius 3 is 2.37 bits per heavy atom. The summed E-state index contributed by atoms with van der Waals surface area (Å²) in [6, 6.07) is 16.8. The van der Waals surface area contributed by atoms with Crippen LogP contribution in [0.15, 0.2) is 72.3 Å². The lowest BCUT2D eigenvalue weighted by atomic mass is 9.95. The summed E-state index contributed by atoms with van der Waals surface area (Å²) in [7, 11) is 0. The molecule has 178 valence electrons. The van der Waals surface area contributed by atoms with Crippen molar-refractivity contribution in [2.24, 2.45) is 0 Å².